The largest absolute Gasteiger partial charge is 0.352 e. The van der Waals surface area contributed by atoms with Crippen LogP contribution < -0.4 is 16.2 Å². The second-order valence-corrected chi connectivity index (χ2v) is 5.96. The SMILES string of the molecule is NNc1ncc(Br)c(N2CCCC3CCCC32)n1. The van der Waals surface area contributed by atoms with Crippen molar-refractivity contribution in [3.8, 4) is 0 Å². The van der Waals surface area contributed by atoms with E-state index in [1.54, 1.807) is 6.20 Å². The Kier molecular flexibility index (Phi) is 3.39. The average Bonchev–Trinajstić information content (AvgIpc) is 2.87. The van der Waals surface area contributed by atoms with Gasteiger partial charge in [0.05, 0.1) is 4.47 Å². The highest BCUT2D eigenvalue weighted by atomic mass is 79.9. The Morgan fingerprint density at radius 2 is 2.17 bits per heavy atom. The number of hydrogen-bond donors (Lipinski definition) is 2. The normalized spacial score (nSPS) is 27.1. The van der Waals surface area contributed by atoms with Crippen molar-refractivity contribution in [1.82, 2.24) is 9.97 Å². The number of nitrogen functional groups attached to an aromatic ring is 1. The predicted octanol–water partition coefficient (Wildman–Crippen LogP) is 2.29. The highest BCUT2D eigenvalue weighted by Crippen LogP contribution is 2.40. The Labute approximate surface area is 115 Å². The lowest BCUT2D eigenvalue weighted by atomic mass is 9.92. The molecule has 2 fully saturated rings. The van der Waals surface area contributed by atoms with Gasteiger partial charge in [0.1, 0.15) is 5.82 Å². The molecule has 0 aromatic carbocycles. The number of aromatic nitrogens is 2. The minimum Gasteiger partial charge on any atom is -0.352 e. The minimum atomic E-state index is 0.480. The van der Waals surface area contributed by atoms with Crippen molar-refractivity contribution in [2.75, 3.05) is 16.9 Å². The van der Waals surface area contributed by atoms with Crippen LogP contribution in [0.2, 0.25) is 0 Å². The summed E-state index contributed by atoms with van der Waals surface area (Å²) >= 11 is 3.56. The molecule has 2 aliphatic rings. The molecule has 0 bridgehead atoms. The van der Waals surface area contributed by atoms with Crippen LogP contribution in [-0.2, 0) is 0 Å². The monoisotopic (exact) mass is 311 g/mol. The molecule has 2 unspecified atom stereocenters. The molecular formula is C12H18BrN5. The molecule has 18 heavy (non-hydrogen) atoms. The average molecular weight is 312 g/mol. The number of hydrogen-bond acceptors (Lipinski definition) is 5. The van der Waals surface area contributed by atoms with Gasteiger partial charge < -0.3 is 4.90 Å². The van der Waals surface area contributed by atoms with E-state index in [1.165, 1.54) is 32.1 Å². The summed E-state index contributed by atoms with van der Waals surface area (Å²) in [5.74, 6) is 7.70. The second-order valence-electron chi connectivity index (χ2n) is 5.10. The van der Waals surface area contributed by atoms with Gasteiger partial charge in [0, 0.05) is 18.8 Å². The van der Waals surface area contributed by atoms with Crippen LogP contribution in [0.5, 0.6) is 0 Å². The lowest BCUT2D eigenvalue weighted by Gasteiger charge is -2.39. The van der Waals surface area contributed by atoms with Gasteiger partial charge in [-0.2, -0.15) is 4.98 Å². The molecule has 98 valence electrons. The highest BCUT2D eigenvalue weighted by Gasteiger charge is 2.36. The highest BCUT2D eigenvalue weighted by molar-refractivity contribution is 9.10. The number of fused-ring (bicyclic) bond motifs is 1. The number of anilines is 2. The number of nitrogens with zero attached hydrogens (tertiary/aromatic N) is 3. The molecule has 6 heteroatoms. The van der Waals surface area contributed by atoms with Crippen molar-refractivity contribution in [3.05, 3.63) is 10.7 Å². The molecule has 5 nitrogen and oxygen atoms in total. The lowest BCUT2D eigenvalue weighted by molar-refractivity contribution is 0.360. The zero-order valence-corrected chi connectivity index (χ0v) is 11.9. The Bertz CT molecular complexity index is 438. The first-order valence-electron chi connectivity index (χ1n) is 6.55. The van der Waals surface area contributed by atoms with E-state index >= 15 is 0 Å². The van der Waals surface area contributed by atoms with Gasteiger partial charge in [-0.25, -0.2) is 10.8 Å². The predicted molar refractivity (Wildman–Crippen MR) is 75.3 cm³/mol. The van der Waals surface area contributed by atoms with Crippen LogP contribution in [0, 0.1) is 5.92 Å². The quantitative estimate of drug-likeness (QED) is 0.648. The van der Waals surface area contributed by atoms with Crippen LogP contribution in [0.4, 0.5) is 11.8 Å². The van der Waals surface area contributed by atoms with Crippen LogP contribution in [0.1, 0.15) is 32.1 Å². The van der Waals surface area contributed by atoms with Gasteiger partial charge in [-0.1, -0.05) is 6.42 Å². The smallest absolute Gasteiger partial charge is 0.239 e. The van der Waals surface area contributed by atoms with E-state index in [1.807, 2.05) is 0 Å². The molecule has 2 atom stereocenters. The fourth-order valence-electron chi connectivity index (χ4n) is 3.35. The standard InChI is InChI=1S/C12H18BrN5/c13-9-7-15-12(17-14)16-11(9)18-6-2-4-8-3-1-5-10(8)18/h7-8,10H,1-6,14H2,(H,15,16,17). The van der Waals surface area contributed by atoms with Crippen molar-refractivity contribution in [2.24, 2.45) is 11.8 Å². The molecule has 0 radical (unpaired) electrons. The molecule has 1 saturated heterocycles. The second kappa shape index (κ2) is 5.01. The summed E-state index contributed by atoms with van der Waals surface area (Å²) < 4.78 is 0.953. The molecule has 0 amide bonds. The number of rotatable bonds is 2. The van der Waals surface area contributed by atoms with Crippen molar-refractivity contribution in [2.45, 2.75) is 38.1 Å². The van der Waals surface area contributed by atoms with Crippen LogP contribution in [0.15, 0.2) is 10.7 Å². The van der Waals surface area contributed by atoms with Gasteiger partial charge in [-0.15, -0.1) is 0 Å². The summed E-state index contributed by atoms with van der Waals surface area (Å²) in [5, 5.41) is 0. The maximum Gasteiger partial charge on any atom is 0.239 e. The summed E-state index contributed by atoms with van der Waals surface area (Å²) in [6.45, 7) is 1.08. The van der Waals surface area contributed by atoms with Crippen LogP contribution in [0.25, 0.3) is 0 Å². The van der Waals surface area contributed by atoms with Gasteiger partial charge in [0.25, 0.3) is 0 Å². The van der Waals surface area contributed by atoms with Crippen LogP contribution in [-0.4, -0.2) is 22.6 Å². The van der Waals surface area contributed by atoms with E-state index in [0.29, 0.717) is 12.0 Å². The Morgan fingerprint density at radius 1 is 1.33 bits per heavy atom. The first kappa shape index (κ1) is 12.2. The molecule has 2 heterocycles. The van der Waals surface area contributed by atoms with Crippen LogP contribution >= 0.6 is 15.9 Å². The molecule has 0 spiro atoms. The first-order chi connectivity index (χ1) is 8.79. The summed E-state index contributed by atoms with van der Waals surface area (Å²) in [4.78, 5) is 11.1. The van der Waals surface area contributed by atoms with E-state index in [4.69, 9.17) is 5.84 Å². The number of piperidine rings is 1. The van der Waals surface area contributed by atoms with Gasteiger partial charge >= 0.3 is 0 Å². The molecule has 1 aromatic rings. The van der Waals surface area contributed by atoms with E-state index in [9.17, 15) is 0 Å². The topological polar surface area (TPSA) is 67.1 Å². The molecule has 1 saturated carbocycles. The third-order valence-corrected chi connectivity index (χ3v) is 4.68. The number of nitrogens with two attached hydrogens (primary N) is 1. The van der Waals surface area contributed by atoms with Crippen molar-refractivity contribution in [3.63, 3.8) is 0 Å². The molecule has 3 N–H and O–H groups in total. The fraction of sp³-hybridized carbons (Fsp3) is 0.667. The number of halogens is 1. The molecular weight excluding hydrogens is 294 g/mol. The maximum atomic E-state index is 5.40. The molecule has 1 aliphatic heterocycles. The van der Waals surface area contributed by atoms with Crippen molar-refractivity contribution < 1.29 is 0 Å². The summed E-state index contributed by atoms with van der Waals surface area (Å²) in [6, 6.07) is 0.649. The Hall–Kier alpha value is -0.880. The number of hydrazine groups is 1. The summed E-state index contributed by atoms with van der Waals surface area (Å²) in [5.41, 5.74) is 2.52. The minimum absolute atomic E-state index is 0.480. The first-order valence-corrected chi connectivity index (χ1v) is 7.34. The van der Waals surface area contributed by atoms with E-state index < -0.39 is 0 Å². The maximum absolute atomic E-state index is 5.40. The van der Waals surface area contributed by atoms with Crippen LogP contribution in [0.3, 0.4) is 0 Å². The molecule has 1 aromatic heterocycles. The molecule has 3 rings (SSSR count). The zero-order valence-electron chi connectivity index (χ0n) is 10.3. The molecule has 1 aliphatic carbocycles. The van der Waals surface area contributed by atoms with E-state index in [0.717, 1.165) is 22.8 Å². The lowest BCUT2D eigenvalue weighted by Crippen LogP contribution is -2.43. The third kappa shape index (κ3) is 2.07. The van der Waals surface area contributed by atoms with Gasteiger partial charge in [-0.05, 0) is 47.5 Å². The van der Waals surface area contributed by atoms with Crippen molar-refractivity contribution >= 4 is 27.7 Å². The summed E-state index contributed by atoms with van der Waals surface area (Å²) in [6.07, 6.45) is 8.39. The summed E-state index contributed by atoms with van der Waals surface area (Å²) in [7, 11) is 0. The Morgan fingerprint density at radius 3 is 3.00 bits per heavy atom. The van der Waals surface area contributed by atoms with Gasteiger partial charge in [0.2, 0.25) is 5.95 Å². The van der Waals surface area contributed by atoms with Crippen molar-refractivity contribution in [1.29, 1.82) is 0 Å². The van der Waals surface area contributed by atoms with E-state index in [2.05, 4.69) is 36.2 Å². The Balaban J connectivity index is 1.93. The van der Waals surface area contributed by atoms with E-state index in [-0.39, 0.29) is 0 Å². The third-order valence-electron chi connectivity index (χ3n) is 4.12. The number of nitrogens with one attached hydrogen (secondary N) is 1. The fourth-order valence-corrected chi connectivity index (χ4v) is 3.76. The van der Waals surface area contributed by atoms with Gasteiger partial charge in [-0.3, -0.25) is 5.43 Å². The zero-order chi connectivity index (χ0) is 12.5. The van der Waals surface area contributed by atoms with Gasteiger partial charge in [0.15, 0.2) is 0 Å².